The van der Waals surface area contributed by atoms with Crippen molar-refractivity contribution in [2.75, 3.05) is 23.3 Å². The molecule has 3 aromatic heterocycles. The maximum Gasteiger partial charge on any atom is 0.260 e. The summed E-state index contributed by atoms with van der Waals surface area (Å²) in [5.41, 5.74) is 1.46. The van der Waals surface area contributed by atoms with Crippen LogP contribution in [0.25, 0.3) is 5.69 Å². The van der Waals surface area contributed by atoms with Crippen LogP contribution in [-0.2, 0) is 0 Å². The molecule has 0 aromatic carbocycles. The number of hydrogen-bond acceptors (Lipinski definition) is 5. The summed E-state index contributed by atoms with van der Waals surface area (Å²) in [6.07, 6.45) is 10.4. The molecule has 26 heavy (non-hydrogen) atoms. The molecule has 0 radical (unpaired) electrons. The normalized spacial score (nSPS) is 14.2. The molecule has 132 valence electrons. The monoisotopic (exact) mass is 348 g/mol. The Balaban J connectivity index is 1.53. The highest BCUT2D eigenvalue weighted by Crippen LogP contribution is 2.22. The van der Waals surface area contributed by atoms with Gasteiger partial charge in [0, 0.05) is 43.9 Å². The van der Waals surface area contributed by atoms with Gasteiger partial charge in [0.15, 0.2) is 5.82 Å². The highest BCUT2D eigenvalue weighted by molar-refractivity contribution is 6.07. The minimum Gasteiger partial charge on any atom is -0.356 e. The Morgan fingerprint density at radius 3 is 2.62 bits per heavy atom. The molecule has 1 amide bonds. The second-order valence-electron chi connectivity index (χ2n) is 6.23. The second kappa shape index (κ2) is 7.35. The predicted octanol–water partition coefficient (Wildman–Crippen LogP) is 2.90. The molecule has 0 saturated carbocycles. The van der Waals surface area contributed by atoms with Crippen molar-refractivity contribution < 1.29 is 4.79 Å². The first-order valence-electron chi connectivity index (χ1n) is 8.79. The van der Waals surface area contributed by atoms with Crippen molar-refractivity contribution in [2.24, 2.45) is 0 Å². The molecule has 1 N–H and O–H groups in total. The van der Waals surface area contributed by atoms with Gasteiger partial charge in [-0.2, -0.15) is 5.10 Å². The van der Waals surface area contributed by atoms with Crippen LogP contribution in [0.5, 0.6) is 0 Å². The van der Waals surface area contributed by atoms with Crippen LogP contribution in [0.2, 0.25) is 0 Å². The molecular weight excluding hydrogens is 328 g/mol. The van der Waals surface area contributed by atoms with E-state index in [1.807, 2.05) is 18.2 Å². The van der Waals surface area contributed by atoms with Gasteiger partial charge in [0.05, 0.1) is 11.3 Å². The van der Waals surface area contributed by atoms with Crippen molar-refractivity contribution in [2.45, 2.75) is 19.3 Å². The summed E-state index contributed by atoms with van der Waals surface area (Å²) in [5.74, 6) is 1.05. The van der Waals surface area contributed by atoms with Crippen molar-refractivity contribution in [3.63, 3.8) is 0 Å². The first-order valence-corrected chi connectivity index (χ1v) is 8.79. The van der Waals surface area contributed by atoms with Gasteiger partial charge < -0.3 is 10.2 Å². The van der Waals surface area contributed by atoms with Gasteiger partial charge >= 0.3 is 0 Å². The number of carbonyl (C=O) groups excluding carboxylic acids is 1. The van der Waals surface area contributed by atoms with E-state index in [0.29, 0.717) is 11.4 Å². The zero-order valence-electron chi connectivity index (χ0n) is 14.4. The molecule has 3 aromatic rings. The van der Waals surface area contributed by atoms with E-state index in [0.717, 1.165) is 37.4 Å². The molecule has 7 nitrogen and oxygen atoms in total. The molecule has 0 spiro atoms. The number of aromatic nitrogens is 4. The minimum absolute atomic E-state index is 0.196. The molecule has 0 atom stereocenters. The fraction of sp³-hybridized carbons (Fsp3) is 0.263. The lowest BCUT2D eigenvalue weighted by Crippen LogP contribution is -2.32. The summed E-state index contributed by atoms with van der Waals surface area (Å²) in [7, 11) is 0. The Bertz CT molecular complexity index is 886. The average Bonchev–Trinajstić information content (AvgIpc) is 3.18. The second-order valence-corrected chi connectivity index (χ2v) is 6.23. The smallest absolute Gasteiger partial charge is 0.260 e. The van der Waals surface area contributed by atoms with E-state index in [1.165, 1.54) is 6.42 Å². The number of anilines is 2. The molecule has 0 aliphatic carbocycles. The maximum atomic E-state index is 12.8. The van der Waals surface area contributed by atoms with Crippen LogP contribution < -0.4 is 10.2 Å². The number of nitrogens with zero attached hydrogens (tertiary/aromatic N) is 5. The summed E-state index contributed by atoms with van der Waals surface area (Å²) < 4.78 is 1.70. The van der Waals surface area contributed by atoms with Crippen LogP contribution in [0.1, 0.15) is 29.6 Å². The van der Waals surface area contributed by atoms with Crippen molar-refractivity contribution >= 4 is 17.5 Å². The van der Waals surface area contributed by atoms with E-state index in [1.54, 1.807) is 41.6 Å². The number of nitrogens with one attached hydrogen (secondary N) is 1. The summed E-state index contributed by atoms with van der Waals surface area (Å²) in [4.78, 5) is 23.4. The number of carbonyl (C=O) groups is 1. The summed E-state index contributed by atoms with van der Waals surface area (Å²) in [6, 6.07) is 9.09. The third-order valence-corrected chi connectivity index (χ3v) is 4.44. The molecule has 4 rings (SSSR count). The number of piperidine rings is 1. The molecule has 1 aliphatic heterocycles. The average molecular weight is 348 g/mol. The maximum absolute atomic E-state index is 12.8. The Morgan fingerprint density at radius 2 is 1.81 bits per heavy atom. The first kappa shape index (κ1) is 16.3. The molecule has 0 unspecified atom stereocenters. The van der Waals surface area contributed by atoms with Gasteiger partial charge in [0.2, 0.25) is 0 Å². The molecule has 1 fully saturated rings. The lowest BCUT2D eigenvalue weighted by molar-refractivity contribution is 0.102. The topological polar surface area (TPSA) is 75.9 Å². The van der Waals surface area contributed by atoms with E-state index in [2.05, 4.69) is 25.3 Å². The third-order valence-electron chi connectivity index (χ3n) is 4.44. The van der Waals surface area contributed by atoms with Crippen LogP contribution in [0.3, 0.4) is 0 Å². The highest BCUT2D eigenvalue weighted by atomic mass is 16.1. The van der Waals surface area contributed by atoms with E-state index in [9.17, 15) is 4.79 Å². The van der Waals surface area contributed by atoms with Crippen molar-refractivity contribution in [1.29, 1.82) is 0 Å². The van der Waals surface area contributed by atoms with Crippen LogP contribution in [-0.4, -0.2) is 38.7 Å². The Morgan fingerprint density at radius 1 is 1.00 bits per heavy atom. The van der Waals surface area contributed by atoms with Crippen LogP contribution in [0.15, 0.2) is 55.1 Å². The number of pyridine rings is 2. The Hall–Kier alpha value is -3.22. The van der Waals surface area contributed by atoms with Gasteiger partial charge in [-0.1, -0.05) is 0 Å². The van der Waals surface area contributed by atoms with Gasteiger partial charge in [-0.15, -0.1) is 0 Å². The molecule has 1 aliphatic rings. The van der Waals surface area contributed by atoms with Crippen LogP contribution >= 0.6 is 0 Å². The SMILES string of the molecule is O=C(Nc1ccn(-c2ccncc2)n1)c1cccnc1N1CCCCC1. The van der Waals surface area contributed by atoms with Gasteiger partial charge in [0.1, 0.15) is 5.82 Å². The molecular formula is C19H20N6O. The zero-order chi connectivity index (χ0) is 17.8. The van der Waals surface area contributed by atoms with E-state index in [4.69, 9.17) is 0 Å². The molecule has 1 saturated heterocycles. The summed E-state index contributed by atoms with van der Waals surface area (Å²) in [5, 5.41) is 7.29. The third kappa shape index (κ3) is 3.42. The van der Waals surface area contributed by atoms with E-state index >= 15 is 0 Å². The minimum atomic E-state index is -0.196. The number of hydrogen-bond donors (Lipinski definition) is 1. The lowest BCUT2D eigenvalue weighted by atomic mass is 10.1. The summed E-state index contributed by atoms with van der Waals surface area (Å²) in [6.45, 7) is 1.88. The van der Waals surface area contributed by atoms with Crippen molar-refractivity contribution in [3.05, 3.63) is 60.7 Å². The Labute approximate surface area is 151 Å². The zero-order valence-corrected chi connectivity index (χ0v) is 14.4. The van der Waals surface area contributed by atoms with Crippen LogP contribution in [0, 0.1) is 0 Å². The first-order chi connectivity index (χ1) is 12.8. The molecule has 0 bridgehead atoms. The van der Waals surface area contributed by atoms with Gasteiger partial charge in [-0.05, 0) is 43.5 Å². The van der Waals surface area contributed by atoms with Crippen molar-refractivity contribution in [3.8, 4) is 5.69 Å². The van der Waals surface area contributed by atoms with E-state index in [-0.39, 0.29) is 5.91 Å². The highest BCUT2D eigenvalue weighted by Gasteiger charge is 2.20. The standard InChI is InChI=1S/C19H20N6O/c26-19(16-5-4-9-21-18(16)24-12-2-1-3-13-24)22-17-8-14-25(23-17)15-6-10-20-11-7-15/h4-11,14H,1-3,12-13H2,(H,22,23,26). The van der Waals surface area contributed by atoms with Gasteiger partial charge in [0.25, 0.3) is 5.91 Å². The predicted molar refractivity (Wildman–Crippen MR) is 99.6 cm³/mol. The van der Waals surface area contributed by atoms with Gasteiger partial charge in [-0.3, -0.25) is 9.78 Å². The number of amides is 1. The number of rotatable bonds is 4. The molecule has 4 heterocycles. The fourth-order valence-electron chi connectivity index (χ4n) is 3.15. The fourth-order valence-corrected chi connectivity index (χ4v) is 3.15. The van der Waals surface area contributed by atoms with E-state index < -0.39 is 0 Å². The van der Waals surface area contributed by atoms with Crippen molar-refractivity contribution in [1.82, 2.24) is 19.7 Å². The Kier molecular flexibility index (Phi) is 4.59. The van der Waals surface area contributed by atoms with Crippen LogP contribution in [0.4, 0.5) is 11.6 Å². The quantitative estimate of drug-likeness (QED) is 0.784. The summed E-state index contributed by atoms with van der Waals surface area (Å²) >= 11 is 0. The molecule has 7 heteroatoms. The largest absolute Gasteiger partial charge is 0.356 e. The van der Waals surface area contributed by atoms with Gasteiger partial charge in [-0.25, -0.2) is 9.67 Å². The lowest BCUT2D eigenvalue weighted by Gasteiger charge is -2.28.